The van der Waals surface area contributed by atoms with Crippen molar-refractivity contribution in [2.75, 3.05) is 20.3 Å². The fraction of sp³-hybridized carbons (Fsp3) is 0.500. The molecule has 0 heterocycles. The molecule has 2 atom stereocenters. The van der Waals surface area contributed by atoms with Crippen LogP contribution in [0, 0.1) is 0 Å². The van der Waals surface area contributed by atoms with Crippen LogP contribution in [0.1, 0.15) is 18.5 Å². The summed E-state index contributed by atoms with van der Waals surface area (Å²) in [7, 11) is 1.52. The maximum Gasteiger partial charge on any atom is 0.138 e. The highest BCUT2D eigenvalue weighted by atomic mass is 35.5. The third-order valence-electron chi connectivity index (χ3n) is 2.27. The number of aliphatic hydroxyl groups excluding tert-OH is 1. The maximum atomic E-state index is 9.43. The van der Waals surface area contributed by atoms with E-state index in [1.54, 1.807) is 12.1 Å². The summed E-state index contributed by atoms with van der Waals surface area (Å²) in [6, 6.07) is 5.31. The maximum absolute atomic E-state index is 9.43. The molecule has 4 nitrogen and oxygen atoms in total. The molecule has 1 aromatic rings. The molecule has 1 rings (SSSR count). The zero-order chi connectivity index (χ0) is 12.8. The Morgan fingerprint density at radius 1 is 1.41 bits per heavy atom. The Hall–Kier alpha value is -0.810. The third-order valence-corrected chi connectivity index (χ3v) is 2.57. The smallest absolute Gasteiger partial charge is 0.138 e. The van der Waals surface area contributed by atoms with Crippen molar-refractivity contribution in [1.82, 2.24) is 0 Å². The van der Waals surface area contributed by atoms with E-state index in [1.165, 1.54) is 7.11 Å². The van der Waals surface area contributed by atoms with Gasteiger partial charge in [0.1, 0.15) is 18.5 Å². The minimum absolute atomic E-state index is 0.0689. The third kappa shape index (κ3) is 4.52. The van der Waals surface area contributed by atoms with E-state index in [9.17, 15) is 5.11 Å². The molecule has 96 valence electrons. The van der Waals surface area contributed by atoms with E-state index in [4.69, 9.17) is 26.8 Å². The molecule has 3 N–H and O–H groups in total. The zero-order valence-electron chi connectivity index (χ0n) is 10.0. The SMILES string of the molecule is COCC(O)COc1ccc([C@H](C)N)cc1Cl. The summed E-state index contributed by atoms with van der Waals surface area (Å²) in [5, 5.41) is 9.92. The summed E-state index contributed by atoms with van der Waals surface area (Å²) in [6.07, 6.45) is -0.663. The van der Waals surface area contributed by atoms with Crippen LogP contribution in [0.2, 0.25) is 5.02 Å². The highest BCUT2D eigenvalue weighted by Gasteiger charge is 2.08. The topological polar surface area (TPSA) is 64.7 Å². The first-order chi connectivity index (χ1) is 8.04. The lowest BCUT2D eigenvalue weighted by atomic mass is 10.1. The molecule has 5 heteroatoms. The highest BCUT2D eigenvalue weighted by molar-refractivity contribution is 6.32. The summed E-state index contributed by atoms with van der Waals surface area (Å²) >= 11 is 6.04. The van der Waals surface area contributed by atoms with Crippen LogP contribution in [0.3, 0.4) is 0 Å². The Morgan fingerprint density at radius 3 is 2.65 bits per heavy atom. The molecule has 17 heavy (non-hydrogen) atoms. The number of halogens is 1. The first kappa shape index (κ1) is 14.3. The second-order valence-electron chi connectivity index (χ2n) is 3.90. The van der Waals surface area contributed by atoms with E-state index in [0.717, 1.165) is 5.56 Å². The van der Waals surface area contributed by atoms with Gasteiger partial charge in [-0.3, -0.25) is 0 Å². The first-order valence-corrected chi connectivity index (χ1v) is 5.77. The van der Waals surface area contributed by atoms with Crippen molar-refractivity contribution in [3.05, 3.63) is 28.8 Å². The molecule has 0 amide bonds. The summed E-state index contributed by atoms with van der Waals surface area (Å²) in [5.41, 5.74) is 6.68. The van der Waals surface area contributed by atoms with Gasteiger partial charge in [-0.1, -0.05) is 17.7 Å². The Kier molecular flexibility index (Phi) is 5.71. The lowest BCUT2D eigenvalue weighted by Gasteiger charge is -2.13. The van der Waals surface area contributed by atoms with E-state index in [0.29, 0.717) is 10.8 Å². The van der Waals surface area contributed by atoms with Gasteiger partial charge in [-0.15, -0.1) is 0 Å². The van der Waals surface area contributed by atoms with Gasteiger partial charge >= 0.3 is 0 Å². The number of rotatable bonds is 6. The predicted molar refractivity (Wildman–Crippen MR) is 67.4 cm³/mol. The summed E-state index contributed by atoms with van der Waals surface area (Å²) < 4.78 is 10.2. The molecule has 0 aromatic heterocycles. The fourth-order valence-corrected chi connectivity index (χ4v) is 1.59. The van der Waals surface area contributed by atoms with Gasteiger partial charge in [-0.2, -0.15) is 0 Å². The van der Waals surface area contributed by atoms with Gasteiger partial charge in [0.2, 0.25) is 0 Å². The number of benzene rings is 1. The van der Waals surface area contributed by atoms with Crippen molar-refractivity contribution >= 4 is 11.6 Å². The number of nitrogens with two attached hydrogens (primary N) is 1. The quantitative estimate of drug-likeness (QED) is 0.817. The molecule has 0 saturated carbocycles. The Balaban J connectivity index is 2.60. The van der Waals surface area contributed by atoms with Gasteiger partial charge in [0.15, 0.2) is 0 Å². The second kappa shape index (κ2) is 6.81. The fourth-order valence-electron chi connectivity index (χ4n) is 1.34. The Bertz CT molecular complexity index is 358. The van der Waals surface area contributed by atoms with Crippen molar-refractivity contribution < 1.29 is 14.6 Å². The van der Waals surface area contributed by atoms with Crippen LogP contribution in [0.5, 0.6) is 5.75 Å². The molecule has 1 aromatic carbocycles. The van der Waals surface area contributed by atoms with Gasteiger partial charge in [0.25, 0.3) is 0 Å². The van der Waals surface area contributed by atoms with E-state index in [2.05, 4.69) is 0 Å². The van der Waals surface area contributed by atoms with Crippen molar-refractivity contribution in [2.45, 2.75) is 19.1 Å². The molecule has 0 aliphatic heterocycles. The molecule has 0 aliphatic rings. The van der Waals surface area contributed by atoms with E-state index < -0.39 is 6.10 Å². The average Bonchev–Trinajstić information content (AvgIpc) is 2.27. The lowest BCUT2D eigenvalue weighted by molar-refractivity contribution is 0.0326. The monoisotopic (exact) mass is 259 g/mol. The van der Waals surface area contributed by atoms with Gasteiger partial charge in [-0.25, -0.2) is 0 Å². The number of ether oxygens (including phenoxy) is 2. The molecule has 0 saturated heterocycles. The van der Waals surface area contributed by atoms with Gasteiger partial charge < -0.3 is 20.3 Å². The molecular weight excluding hydrogens is 242 g/mol. The number of methoxy groups -OCH3 is 1. The van der Waals surface area contributed by atoms with Crippen molar-refractivity contribution in [2.24, 2.45) is 5.73 Å². The van der Waals surface area contributed by atoms with E-state index in [1.807, 2.05) is 13.0 Å². The Labute approximate surface area is 106 Å². The summed E-state index contributed by atoms with van der Waals surface area (Å²) in [6.45, 7) is 2.26. The lowest BCUT2D eigenvalue weighted by Crippen LogP contribution is -2.22. The summed E-state index contributed by atoms with van der Waals surface area (Å²) in [5.74, 6) is 0.534. The predicted octanol–water partition coefficient (Wildman–Crippen LogP) is 1.75. The normalized spacial score (nSPS) is 14.4. The van der Waals surface area contributed by atoms with Crippen molar-refractivity contribution in [3.8, 4) is 5.75 Å². The number of aliphatic hydroxyl groups is 1. The Morgan fingerprint density at radius 2 is 2.12 bits per heavy atom. The van der Waals surface area contributed by atoms with Gasteiger partial charge in [0.05, 0.1) is 11.6 Å². The van der Waals surface area contributed by atoms with Gasteiger partial charge in [0, 0.05) is 13.2 Å². The number of hydrogen-bond donors (Lipinski definition) is 2. The van der Waals surface area contributed by atoms with E-state index in [-0.39, 0.29) is 19.3 Å². The molecule has 0 radical (unpaired) electrons. The molecule has 1 unspecified atom stereocenters. The number of hydrogen-bond acceptors (Lipinski definition) is 4. The van der Waals surface area contributed by atoms with Crippen LogP contribution < -0.4 is 10.5 Å². The van der Waals surface area contributed by atoms with Gasteiger partial charge in [-0.05, 0) is 24.6 Å². The molecule has 0 fully saturated rings. The molecule has 0 spiro atoms. The van der Waals surface area contributed by atoms with Crippen molar-refractivity contribution in [1.29, 1.82) is 0 Å². The molecule has 0 bridgehead atoms. The van der Waals surface area contributed by atoms with Crippen LogP contribution >= 0.6 is 11.6 Å². The first-order valence-electron chi connectivity index (χ1n) is 5.39. The second-order valence-corrected chi connectivity index (χ2v) is 4.31. The van der Waals surface area contributed by atoms with Crippen LogP contribution in [0.15, 0.2) is 18.2 Å². The average molecular weight is 260 g/mol. The van der Waals surface area contributed by atoms with Crippen LogP contribution in [-0.2, 0) is 4.74 Å². The molecular formula is C12H18ClNO3. The minimum Gasteiger partial charge on any atom is -0.489 e. The van der Waals surface area contributed by atoms with Crippen LogP contribution in [0.4, 0.5) is 0 Å². The van der Waals surface area contributed by atoms with Crippen LogP contribution in [0.25, 0.3) is 0 Å². The highest BCUT2D eigenvalue weighted by Crippen LogP contribution is 2.27. The zero-order valence-corrected chi connectivity index (χ0v) is 10.8. The largest absolute Gasteiger partial charge is 0.489 e. The van der Waals surface area contributed by atoms with Crippen molar-refractivity contribution in [3.63, 3.8) is 0 Å². The minimum atomic E-state index is -0.663. The van der Waals surface area contributed by atoms with E-state index >= 15 is 0 Å². The summed E-state index contributed by atoms with van der Waals surface area (Å²) in [4.78, 5) is 0. The van der Waals surface area contributed by atoms with Crippen LogP contribution in [-0.4, -0.2) is 31.5 Å². The molecule has 0 aliphatic carbocycles. The standard InChI is InChI=1S/C12H18ClNO3/c1-8(14)9-3-4-12(11(13)5-9)17-7-10(15)6-16-2/h3-5,8,10,15H,6-7,14H2,1-2H3/t8-,10?/m0/s1.